The van der Waals surface area contributed by atoms with Gasteiger partial charge >= 0.3 is 17.9 Å². The Balaban J connectivity index is 5.29. The van der Waals surface area contributed by atoms with E-state index in [9.17, 15) is 28.8 Å². The molecule has 0 aliphatic heterocycles. The molecule has 0 saturated carbocycles. The van der Waals surface area contributed by atoms with Crippen LogP contribution in [0, 0.1) is 0 Å². The van der Waals surface area contributed by atoms with Gasteiger partial charge in [-0.1, -0.05) is 0 Å². The molecule has 31 heavy (non-hydrogen) atoms. The van der Waals surface area contributed by atoms with Crippen molar-refractivity contribution < 1.29 is 44.1 Å². The SMILES string of the molecule is CSCCC(NC(=O)C(N)CCC(=O)O)C(=O)NC(CC(=O)O)C(=O)NC(C)C(=O)O. The summed E-state index contributed by atoms with van der Waals surface area (Å²) in [6.45, 7) is 1.17. The molecule has 0 aromatic rings. The maximum atomic E-state index is 12.6. The van der Waals surface area contributed by atoms with Crippen LogP contribution in [0.3, 0.4) is 0 Å². The Kier molecular flexibility index (Phi) is 12.9. The Bertz CT molecular complexity index is 689. The molecule has 0 bridgehead atoms. The van der Waals surface area contributed by atoms with Crippen molar-refractivity contribution in [1.82, 2.24) is 16.0 Å². The zero-order chi connectivity index (χ0) is 24.1. The fourth-order valence-electron chi connectivity index (χ4n) is 2.23. The average molecular weight is 464 g/mol. The molecule has 0 fully saturated rings. The van der Waals surface area contributed by atoms with Crippen LogP contribution < -0.4 is 21.7 Å². The van der Waals surface area contributed by atoms with E-state index in [-0.39, 0.29) is 19.3 Å². The number of carboxylic acids is 3. The van der Waals surface area contributed by atoms with Gasteiger partial charge < -0.3 is 37.0 Å². The summed E-state index contributed by atoms with van der Waals surface area (Å²) in [7, 11) is 0. The van der Waals surface area contributed by atoms with E-state index in [0.29, 0.717) is 5.75 Å². The highest BCUT2D eigenvalue weighted by Crippen LogP contribution is 2.05. The number of carbonyl (C=O) groups is 6. The summed E-state index contributed by atoms with van der Waals surface area (Å²) in [5.74, 6) is -6.14. The third kappa shape index (κ3) is 11.8. The fourth-order valence-corrected chi connectivity index (χ4v) is 2.70. The first kappa shape index (κ1) is 28.1. The molecule has 0 aliphatic carbocycles. The van der Waals surface area contributed by atoms with E-state index < -0.39 is 66.2 Å². The number of hydrogen-bond acceptors (Lipinski definition) is 8. The van der Waals surface area contributed by atoms with E-state index in [0.717, 1.165) is 0 Å². The summed E-state index contributed by atoms with van der Waals surface area (Å²) < 4.78 is 0. The van der Waals surface area contributed by atoms with Crippen molar-refractivity contribution in [2.75, 3.05) is 12.0 Å². The monoisotopic (exact) mass is 464 g/mol. The number of nitrogens with two attached hydrogens (primary N) is 1. The van der Waals surface area contributed by atoms with Crippen molar-refractivity contribution in [3.05, 3.63) is 0 Å². The predicted molar refractivity (Wildman–Crippen MR) is 109 cm³/mol. The Labute approximate surface area is 182 Å². The van der Waals surface area contributed by atoms with Crippen molar-refractivity contribution in [3.8, 4) is 0 Å². The largest absolute Gasteiger partial charge is 0.481 e. The quantitative estimate of drug-likeness (QED) is 0.140. The Hall–Kier alpha value is -2.87. The summed E-state index contributed by atoms with van der Waals surface area (Å²) in [5.41, 5.74) is 5.63. The van der Waals surface area contributed by atoms with Crippen LogP contribution in [-0.4, -0.2) is 87.1 Å². The van der Waals surface area contributed by atoms with Crippen molar-refractivity contribution in [2.45, 2.75) is 56.8 Å². The minimum atomic E-state index is -1.58. The summed E-state index contributed by atoms with van der Waals surface area (Å²) in [5, 5.41) is 33.2. The van der Waals surface area contributed by atoms with Gasteiger partial charge in [0, 0.05) is 6.42 Å². The molecule has 0 aromatic carbocycles. The maximum absolute atomic E-state index is 12.6. The molecular formula is C17H28N4O9S. The fraction of sp³-hybridized carbons (Fsp3) is 0.647. The zero-order valence-electron chi connectivity index (χ0n) is 17.1. The van der Waals surface area contributed by atoms with Gasteiger partial charge in [0.25, 0.3) is 0 Å². The summed E-state index contributed by atoms with van der Waals surface area (Å²) in [6.07, 6.45) is 0.556. The van der Waals surface area contributed by atoms with Crippen molar-refractivity contribution in [2.24, 2.45) is 5.73 Å². The highest BCUT2D eigenvalue weighted by Gasteiger charge is 2.30. The average Bonchev–Trinajstić information content (AvgIpc) is 2.67. The lowest BCUT2D eigenvalue weighted by atomic mass is 10.1. The van der Waals surface area contributed by atoms with Crippen LogP contribution >= 0.6 is 11.8 Å². The lowest BCUT2D eigenvalue weighted by Gasteiger charge is -2.24. The van der Waals surface area contributed by atoms with Crippen LogP contribution in [0.4, 0.5) is 0 Å². The van der Waals surface area contributed by atoms with Crippen molar-refractivity contribution in [1.29, 1.82) is 0 Å². The number of thioether (sulfide) groups is 1. The van der Waals surface area contributed by atoms with E-state index in [1.54, 1.807) is 6.26 Å². The second-order valence-corrected chi connectivity index (χ2v) is 7.59. The number of carbonyl (C=O) groups excluding carboxylic acids is 3. The van der Waals surface area contributed by atoms with Gasteiger partial charge in [0.15, 0.2) is 0 Å². The van der Waals surface area contributed by atoms with Crippen LogP contribution in [0.15, 0.2) is 0 Å². The molecule has 176 valence electrons. The lowest BCUT2D eigenvalue weighted by Crippen LogP contribution is -2.57. The first-order chi connectivity index (χ1) is 14.4. The van der Waals surface area contributed by atoms with Crippen LogP contribution in [0.1, 0.15) is 32.6 Å². The Morgan fingerprint density at radius 3 is 1.87 bits per heavy atom. The molecule has 0 heterocycles. The molecule has 4 atom stereocenters. The number of carboxylic acid groups (broad SMARTS) is 3. The summed E-state index contributed by atoms with van der Waals surface area (Å²) >= 11 is 1.37. The standard InChI is InChI=1S/C17H28N4O9S/c1-8(17(29)30)19-16(28)11(7-13(24)25)21-15(27)10(5-6-31-2)20-14(26)9(18)3-4-12(22)23/h8-11H,3-7,18H2,1-2H3,(H,19,28)(H,20,26)(H,21,27)(H,22,23)(H,24,25)(H,29,30). The van der Waals surface area contributed by atoms with Gasteiger partial charge in [0.2, 0.25) is 17.7 Å². The lowest BCUT2D eigenvalue weighted by molar-refractivity contribution is -0.143. The van der Waals surface area contributed by atoms with Gasteiger partial charge in [-0.15, -0.1) is 0 Å². The Morgan fingerprint density at radius 1 is 0.839 bits per heavy atom. The topological polar surface area (TPSA) is 225 Å². The number of rotatable bonds is 15. The summed E-state index contributed by atoms with van der Waals surface area (Å²) in [6, 6.07) is -5.26. The number of aliphatic carboxylic acids is 3. The summed E-state index contributed by atoms with van der Waals surface area (Å²) in [4.78, 5) is 69.6. The molecule has 0 rings (SSSR count). The molecule has 13 nitrogen and oxygen atoms in total. The number of nitrogens with one attached hydrogen (secondary N) is 3. The minimum Gasteiger partial charge on any atom is -0.481 e. The molecule has 0 aromatic heterocycles. The highest BCUT2D eigenvalue weighted by molar-refractivity contribution is 7.98. The molecule has 8 N–H and O–H groups in total. The Morgan fingerprint density at radius 2 is 1.39 bits per heavy atom. The van der Waals surface area contributed by atoms with Gasteiger partial charge in [-0.3, -0.25) is 28.8 Å². The normalized spacial score (nSPS) is 14.4. The van der Waals surface area contributed by atoms with E-state index in [2.05, 4.69) is 16.0 Å². The van der Waals surface area contributed by atoms with Gasteiger partial charge in [-0.2, -0.15) is 11.8 Å². The first-order valence-corrected chi connectivity index (χ1v) is 10.6. The smallest absolute Gasteiger partial charge is 0.325 e. The van der Waals surface area contributed by atoms with Crippen molar-refractivity contribution in [3.63, 3.8) is 0 Å². The molecule has 3 amide bonds. The molecule has 0 aliphatic rings. The first-order valence-electron chi connectivity index (χ1n) is 9.21. The second-order valence-electron chi connectivity index (χ2n) is 6.61. The minimum absolute atomic E-state index is 0.122. The third-order valence-electron chi connectivity index (χ3n) is 3.99. The van der Waals surface area contributed by atoms with Crippen LogP contribution in [-0.2, 0) is 28.8 Å². The van der Waals surface area contributed by atoms with Gasteiger partial charge in [0.1, 0.15) is 18.1 Å². The van der Waals surface area contributed by atoms with Crippen LogP contribution in [0.5, 0.6) is 0 Å². The molecular weight excluding hydrogens is 436 g/mol. The van der Waals surface area contributed by atoms with E-state index >= 15 is 0 Å². The van der Waals surface area contributed by atoms with Crippen LogP contribution in [0.25, 0.3) is 0 Å². The number of amides is 3. The molecule has 0 radical (unpaired) electrons. The maximum Gasteiger partial charge on any atom is 0.325 e. The zero-order valence-corrected chi connectivity index (χ0v) is 17.9. The van der Waals surface area contributed by atoms with Crippen LogP contribution in [0.2, 0.25) is 0 Å². The highest BCUT2D eigenvalue weighted by atomic mass is 32.2. The van der Waals surface area contributed by atoms with E-state index in [4.69, 9.17) is 21.1 Å². The third-order valence-corrected chi connectivity index (χ3v) is 4.63. The predicted octanol–water partition coefficient (Wildman–Crippen LogP) is -2.03. The van der Waals surface area contributed by atoms with E-state index in [1.165, 1.54) is 18.7 Å². The van der Waals surface area contributed by atoms with Gasteiger partial charge in [-0.05, 0) is 31.8 Å². The van der Waals surface area contributed by atoms with Gasteiger partial charge in [0.05, 0.1) is 12.5 Å². The van der Waals surface area contributed by atoms with Crippen molar-refractivity contribution >= 4 is 47.4 Å². The molecule has 14 heteroatoms. The molecule has 4 unspecified atom stereocenters. The molecule has 0 spiro atoms. The van der Waals surface area contributed by atoms with Gasteiger partial charge in [-0.25, -0.2) is 0 Å². The molecule has 0 saturated heterocycles. The van der Waals surface area contributed by atoms with E-state index in [1.807, 2.05) is 0 Å². The second kappa shape index (κ2) is 14.2. The number of hydrogen-bond donors (Lipinski definition) is 7.